The highest BCUT2D eigenvalue weighted by Gasteiger charge is 2.21. The quantitative estimate of drug-likeness (QED) is 0.337. The van der Waals surface area contributed by atoms with Crippen molar-refractivity contribution in [1.29, 1.82) is 0 Å². The van der Waals surface area contributed by atoms with Crippen molar-refractivity contribution in [3.8, 4) is 0 Å². The minimum atomic E-state index is 0.325. The number of aliphatic imine (C=N–C) groups is 1. The number of ether oxygens (including phenoxy) is 2. The van der Waals surface area contributed by atoms with Crippen LogP contribution in [0.3, 0.4) is 0 Å². The van der Waals surface area contributed by atoms with E-state index in [1.54, 1.807) is 0 Å². The van der Waals surface area contributed by atoms with Gasteiger partial charge in [-0.15, -0.1) is 0 Å². The molecule has 0 saturated carbocycles. The van der Waals surface area contributed by atoms with Crippen LogP contribution in [0.25, 0.3) is 0 Å². The van der Waals surface area contributed by atoms with Crippen LogP contribution < -0.4 is 10.6 Å². The van der Waals surface area contributed by atoms with Crippen LogP contribution in [0.1, 0.15) is 46.0 Å². The molecule has 0 spiro atoms. The van der Waals surface area contributed by atoms with E-state index in [4.69, 9.17) is 14.5 Å². The molecule has 2 aliphatic rings. The van der Waals surface area contributed by atoms with E-state index in [1.807, 2.05) is 0 Å². The average Bonchev–Trinajstić information content (AvgIpc) is 3.28. The molecule has 2 atom stereocenters. The van der Waals surface area contributed by atoms with E-state index in [-0.39, 0.29) is 0 Å². The third kappa shape index (κ3) is 8.38. The molecule has 2 rings (SSSR count). The Morgan fingerprint density at radius 3 is 2.96 bits per heavy atom. The Labute approximate surface area is 153 Å². The summed E-state index contributed by atoms with van der Waals surface area (Å²) in [5.41, 5.74) is 0. The maximum Gasteiger partial charge on any atom is 0.191 e. The molecule has 6 heteroatoms. The van der Waals surface area contributed by atoms with Crippen molar-refractivity contribution in [2.45, 2.75) is 52.1 Å². The maximum atomic E-state index is 5.70. The molecule has 0 aromatic rings. The Bertz CT molecular complexity index is 372. The van der Waals surface area contributed by atoms with E-state index in [0.29, 0.717) is 12.0 Å². The van der Waals surface area contributed by atoms with Gasteiger partial charge in [-0.25, -0.2) is 0 Å². The normalized spacial score (nSPS) is 24.8. The van der Waals surface area contributed by atoms with Crippen LogP contribution in [-0.2, 0) is 9.47 Å². The Kier molecular flexibility index (Phi) is 10.2. The van der Waals surface area contributed by atoms with Gasteiger partial charge in [-0.3, -0.25) is 4.99 Å². The molecule has 2 unspecified atom stereocenters. The van der Waals surface area contributed by atoms with Crippen molar-refractivity contribution in [3.05, 3.63) is 0 Å². The summed E-state index contributed by atoms with van der Waals surface area (Å²) in [4.78, 5) is 7.34. The van der Waals surface area contributed by atoms with Gasteiger partial charge in [0.2, 0.25) is 0 Å². The smallest absolute Gasteiger partial charge is 0.191 e. The highest BCUT2D eigenvalue weighted by Crippen LogP contribution is 2.16. The summed E-state index contributed by atoms with van der Waals surface area (Å²) in [7, 11) is 0. The van der Waals surface area contributed by atoms with Crippen molar-refractivity contribution in [1.82, 2.24) is 15.5 Å². The lowest BCUT2D eigenvalue weighted by molar-refractivity contribution is 0.0168. The summed E-state index contributed by atoms with van der Waals surface area (Å²) in [6.45, 7) is 13.2. The second-order valence-corrected chi connectivity index (χ2v) is 7.17. The van der Waals surface area contributed by atoms with Gasteiger partial charge in [0.15, 0.2) is 5.96 Å². The molecule has 0 amide bonds. The average molecular weight is 355 g/mol. The van der Waals surface area contributed by atoms with Crippen LogP contribution >= 0.6 is 0 Å². The van der Waals surface area contributed by atoms with Crippen molar-refractivity contribution in [3.63, 3.8) is 0 Å². The van der Waals surface area contributed by atoms with Gasteiger partial charge in [-0.1, -0.05) is 6.92 Å². The van der Waals surface area contributed by atoms with Crippen LogP contribution in [0.4, 0.5) is 0 Å². The van der Waals surface area contributed by atoms with E-state index in [2.05, 4.69) is 29.4 Å². The highest BCUT2D eigenvalue weighted by molar-refractivity contribution is 5.79. The predicted octanol–water partition coefficient (Wildman–Crippen LogP) is 1.86. The topological polar surface area (TPSA) is 58.1 Å². The number of nitrogens with zero attached hydrogens (tertiary/aromatic N) is 2. The number of hydrogen-bond donors (Lipinski definition) is 2. The lowest BCUT2D eigenvalue weighted by Gasteiger charge is -2.15. The van der Waals surface area contributed by atoms with Gasteiger partial charge in [-0.05, 0) is 58.0 Å². The second kappa shape index (κ2) is 12.5. The molecular formula is C19H38N4O2. The molecule has 2 saturated heterocycles. The molecule has 0 bridgehead atoms. The van der Waals surface area contributed by atoms with E-state index in [9.17, 15) is 0 Å². The second-order valence-electron chi connectivity index (χ2n) is 7.17. The van der Waals surface area contributed by atoms with Crippen LogP contribution in [0.2, 0.25) is 0 Å². The van der Waals surface area contributed by atoms with Gasteiger partial charge in [0, 0.05) is 39.4 Å². The van der Waals surface area contributed by atoms with E-state index >= 15 is 0 Å². The monoisotopic (exact) mass is 354 g/mol. The summed E-state index contributed by atoms with van der Waals surface area (Å²) >= 11 is 0. The summed E-state index contributed by atoms with van der Waals surface area (Å²) in [6.07, 6.45) is 6.16. The molecule has 0 radical (unpaired) electrons. The van der Waals surface area contributed by atoms with E-state index in [0.717, 1.165) is 58.3 Å². The molecule has 2 N–H and O–H groups in total. The molecule has 0 aliphatic carbocycles. The zero-order valence-corrected chi connectivity index (χ0v) is 16.3. The van der Waals surface area contributed by atoms with Gasteiger partial charge in [0.1, 0.15) is 0 Å². The number of likely N-dealkylation sites (tertiary alicyclic amines) is 1. The fraction of sp³-hybridized carbons (Fsp3) is 0.947. The number of rotatable bonds is 11. The van der Waals surface area contributed by atoms with Crippen LogP contribution in [0.15, 0.2) is 4.99 Å². The fourth-order valence-electron chi connectivity index (χ4n) is 3.51. The largest absolute Gasteiger partial charge is 0.379 e. The lowest BCUT2D eigenvalue weighted by Crippen LogP contribution is -2.38. The van der Waals surface area contributed by atoms with Crippen LogP contribution in [0.5, 0.6) is 0 Å². The molecule has 2 fully saturated rings. The molecule has 25 heavy (non-hydrogen) atoms. The summed E-state index contributed by atoms with van der Waals surface area (Å²) in [6, 6.07) is 0. The Hall–Kier alpha value is -0.850. The number of hydrogen-bond acceptors (Lipinski definition) is 4. The third-order valence-corrected chi connectivity index (χ3v) is 4.85. The van der Waals surface area contributed by atoms with Gasteiger partial charge in [-0.2, -0.15) is 0 Å². The first kappa shape index (κ1) is 20.5. The zero-order valence-electron chi connectivity index (χ0n) is 16.3. The zero-order chi connectivity index (χ0) is 17.7. The van der Waals surface area contributed by atoms with Gasteiger partial charge in [0.05, 0.1) is 12.7 Å². The first-order chi connectivity index (χ1) is 12.3. The van der Waals surface area contributed by atoms with Crippen molar-refractivity contribution < 1.29 is 9.47 Å². The maximum absolute atomic E-state index is 5.70. The molecular weight excluding hydrogens is 316 g/mol. The number of nitrogens with one attached hydrogen (secondary N) is 2. The Morgan fingerprint density at radius 1 is 1.28 bits per heavy atom. The Morgan fingerprint density at radius 2 is 2.20 bits per heavy atom. The standard InChI is InChI=1S/C19H38N4O2/c1-3-10-23-11-8-17(15-23)14-22-19(20-4-2)21-9-6-12-24-16-18-7-5-13-25-18/h17-18H,3-16H2,1-2H3,(H2,20,21,22). The SMILES string of the molecule is CCCN1CCC(CN=C(NCC)NCCCOCC2CCCO2)C1. The van der Waals surface area contributed by atoms with Gasteiger partial charge >= 0.3 is 0 Å². The van der Waals surface area contributed by atoms with Crippen molar-refractivity contribution in [2.24, 2.45) is 10.9 Å². The molecule has 2 aliphatic heterocycles. The lowest BCUT2D eigenvalue weighted by atomic mass is 10.1. The molecule has 0 aromatic heterocycles. The molecule has 6 nitrogen and oxygen atoms in total. The first-order valence-corrected chi connectivity index (χ1v) is 10.3. The Balaban J connectivity index is 1.56. The fourth-order valence-corrected chi connectivity index (χ4v) is 3.51. The molecule has 0 aromatic carbocycles. The first-order valence-electron chi connectivity index (χ1n) is 10.3. The summed E-state index contributed by atoms with van der Waals surface area (Å²) < 4.78 is 11.3. The highest BCUT2D eigenvalue weighted by atomic mass is 16.5. The summed E-state index contributed by atoms with van der Waals surface area (Å²) in [5, 5.41) is 6.77. The van der Waals surface area contributed by atoms with Gasteiger partial charge < -0.3 is 25.0 Å². The molecule has 2 heterocycles. The minimum Gasteiger partial charge on any atom is -0.379 e. The summed E-state index contributed by atoms with van der Waals surface area (Å²) in [5.74, 6) is 1.65. The third-order valence-electron chi connectivity index (χ3n) is 4.85. The predicted molar refractivity (Wildman–Crippen MR) is 103 cm³/mol. The van der Waals surface area contributed by atoms with Gasteiger partial charge in [0.25, 0.3) is 0 Å². The van der Waals surface area contributed by atoms with Crippen molar-refractivity contribution >= 4 is 5.96 Å². The van der Waals surface area contributed by atoms with Crippen LogP contribution in [-0.4, -0.2) is 76.1 Å². The number of guanidine groups is 1. The van der Waals surface area contributed by atoms with Crippen LogP contribution in [0, 0.1) is 5.92 Å². The minimum absolute atomic E-state index is 0.325. The van der Waals surface area contributed by atoms with E-state index in [1.165, 1.54) is 38.9 Å². The van der Waals surface area contributed by atoms with E-state index < -0.39 is 0 Å². The van der Waals surface area contributed by atoms with Crippen molar-refractivity contribution in [2.75, 3.05) is 59.1 Å². The molecule has 146 valence electrons.